The van der Waals surface area contributed by atoms with E-state index in [0.29, 0.717) is 22.8 Å². The average Bonchev–Trinajstić information content (AvgIpc) is 3.74. The van der Waals surface area contributed by atoms with Crippen LogP contribution in [0.4, 0.5) is 42.8 Å². The molecular weight excluding hydrogens is 765 g/mol. The lowest BCUT2D eigenvalue weighted by atomic mass is 9.80. The van der Waals surface area contributed by atoms with Crippen LogP contribution in [0.15, 0.2) is 200 Å². The third-order valence-corrected chi connectivity index (χ3v) is 12.4. The van der Waals surface area contributed by atoms with Gasteiger partial charge in [0.15, 0.2) is 0 Å². The molecule has 0 aliphatic carbocycles. The first-order valence-corrected chi connectivity index (χ1v) is 21.1. The molecule has 62 heavy (non-hydrogen) atoms. The molecule has 7 aromatic carbocycles. The zero-order valence-electron chi connectivity index (χ0n) is 35.2. The largest absolute Gasteiger partial charge is 0.535 e. The van der Waals surface area contributed by atoms with Crippen LogP contribution in [0.1, 0.15) is 39.5 Å². The standard InChI is InChI=1S/C55H45BF2N4/c1-38-51(43-30-34-49(35-31-43)59(45-22-12-6-13-23-45)46-24-14-7-15-25-46)40(3)61-54(38)53(42-20-10-5-11-21-42)55-39(2)52(41(4)62(55)56(61,57)58)44-32-36-50(37-33-44)60(47-26-16-8-17-27-47)48-28-18-9-19-29-48/h5-37H,1-4H3. The molecule has 0 saturated heterocycles. The number of halogens is 2. The van der Waals surface area contributed by atoms with Gasteiger partial charge in [-0.25, -0.2) is 0 Å². The van der Waals surface area contributed by atoms with Crippen molar-refractivity contribution in [3.05, 3.63) is 246 Å². The van der Waals surface area contributed by atoms with E-state index in [2.05, 4.69) is 107 Å². The molecule has 0 unspecified atom stereocenters. The van der Waals surface area contributed by atoms with Crippen molar-refractivity contribution in [3.63, 3.8) is 0 Å². The molecular formula is C55H45BF2N4. The number of fused-ring (bicyclic) bond motifs is 2. The second kappa shape index (κ2) is 15.5. The van der Waals surface area contributed by atoms with Gasteiger partial charge in [0.05, 0.1) is 17.0 Å². The first-order valence-electron chi connectivity index (χ1n) is 21.1. The second-order valence-electron chi connectivity index (χ2n) is 16.0. The zero-order chi connectivity index (χ0) is 42.5. The van der Waals surface area contributed by atoms with Crippen molar-refractivity contribution in [3.8, 4) is 22.3 Å². The Balaban J connectivity index is 1.09. The maximum atomic E-state index is 17.9. The average molecular weight is 811 g/mol. The van der Waals surface area contributed by atoms with E-state index in [1.165, 1.54) is 8.96 Å². The monoisotopic (exact) mass is 810 g/mol. The number of benzene rings is 7. The van der Waals surface area contributed by atoms with Gasteiger partial charge >= 0.3 is 6.97 Å². The lowest BCUT2D eigenvalue weighted by Gasteiger charge is -2.40. The summed E-state index contributed by atoms with van der Waals surface area (Å²) in [5.74, 6) is 0.809. The van der Waals surface area contributed by atoms with Crippen LogP contribution in [-0.4, -0.2) is 15.9 Å². The van der Waals surface area contributed by atoms with E-state index in [0.717, 1.165) is 79.0 Å². The van der Waals surface area contributed by atoms with Gasteiger partial charge in [0.2, 0.25) is 0 Å². The van der Waals surface area contributed by atoms with Crippen LogP contribution in [0.3, 0.4) is 0 Å². The van der Waals surface area contributed by atoms with E-state index in [9.17, 15) is 0 Å². The Kier molecular flexibility index (Phi) is 9.68. The molecule has 302 valence electrons. The van der Waals surface area contributed by atoms with Crippen molar-refractivity contribution >= 4 is 41.1 Å². The maximum absolute atomic E-state index is 17.9. The van der Waals surface area contributed by atoms with Crippen LogP contribution in [0, 0.1) is 33.6 Å². The topological polar surface area (TPSA) is 16.3 Å². The van der Waals surface area contributed by atoms with Crippen molar-refractivity contribution in [1.29, 1.82) is 0 Å². The maximum Gasteiger partial charge on any atom is 0.535 e. The Morgan fingerprint density at radius 1 is 0.371 bits per heavy atom. The van der Waals surface area contributed by atoms with Gasteiger partial charge in [0.25, 0.3) is 0 Å². The smallest absolute Gasteiger partial charge is 0.437 e. The predicted molar refractivity (Wildman–Crippen MR) is 254 cm³/mol. The number of hydrogen-bond donors (Lipinski definition) is 0. The third-order valence-electron chi connectivity index (χ3n) is 12.4. The van der Waals surface area contributed by atoms with Crippen LogP contribution in [0.2, 0.25) is 0 Å². The minimum absolute atomic E-state index is 0.538. The summed E-state index contributed by atoms with van der Waals surface area (Å²) in [7, 11) is 0. The van der Waals surface area contributed by atoms with Crippen molar-refractivity contribution in [2.75, 3.05) is 9.80 Å². The molecule has 0 amide bonds. The molecule has 2 aromatic heterocycles. The molecule has 10 rings (SSSR count). The molecule has 0 saturated carbocycles. The Bertz CT molecular complexity index is 2740. The van der Waals surface area contributed by atoms with Gasteiger partial charge in [0, 0.05) is 68.5 Å². The summed E-state index contributed by atoms with van der Waals surface area (Å²) in [4.78, 5) is 4.42. The van der Waals surface area contributed by atoms with E-state index < -0.39 is 6.97 Å². The Labute approximate surface area is 362 Å². The van der Waals surface area contributed by atoms with Gasteiger partial charge in [-0.2, -0.15) is 0 Å². The fourth-order valence-electron chi connectivity index (χ4n) is 9.82. The second-order valence-corrected chi connectivity index (χ2v) is 16.0. The Morgan fingerprint density at radius 3 is 0.952 bits per heavy atom. The molecule has 0 atom stereocenters. The molecule has 0 fully saturated rings. The van der Waals surface area contributed by atoms with E-state index in [1.54, 1.807) is 0 Å². The lowest BCUT2D eigenvalue weighted by Crippen LogP contribution is -2.50. The number of nitrogens with zero attached hydrogens (tertiary/aromatic N) is 4. The molecule has 4 nitrogen and oxygen atoms in total. The summed E-state index contributed by atoms with van der Waals surface area (Å²) >= 11 is 0. The van der Waals surface area contributed by atoms with Crippen LogP contribution < -0.4 is 9.80 Å². The molecule has 0 N–H and O–H groups in total. The van der Waals surface area contributed by atoms with E-state index in [-0.39, 0.29) is 0 Å². The van der Waals surface area contributed by atoms with E-state index >= 15 is 8.63 Å². The lowest BCUT2D eigenvalue weighted by molar-refractivity contribution is 0.513. The summed E-state index contributed by atoms with van der Waals surface area (Å²) in [6, 6.07) is 67.7. The van der Waals surface area contributed by atoms with Crippen molar-refractivity contribution in [2.45, 2.75) is 27.7 Å². The summed E-state index contributed by atoms with van der Waals surface area (Å²) in [6.45, 7) is 3.39. The highest BCUT2D eigenvalue weighted by Crippen LogP contribution is 2.51. The number of para-hydroxylation sites is 4. The first kappa shape index (κ1) is 38.7. The van der Waals surface area contributed by atoms with Crippen molar-refractivity contribution in [2.24, 2.45) is 0 Å². The minimum Gasteiger partial charge on any atom is -0.437 e. The molecule has 9 aromatic rings. The van der Waals surface area contributed by atoms with Crippen LogP contribution >= 0.6 is 0 Å². The number of hydrogen-bond acceptors (Lipinski definition) is 2. The Morgan fingerprint density at radius 2 is 0.645 bits per heavy atom. The molecule has 0 bridgehead atoms. The van der Waals surface area contributed by atoms with Crippen molar-refractivity contribution < 1.29 is 8.63 Å². The molecule has 0 radical (unpaired) electrons. The number of anilines is 6. The van der Waals surface area contributed by atoms with Crippen LogP contribution in [0.5, 0.6) is 0 Å². The molecule has 3 heterocycles. The van der Waals surface area contributed by atoms with Gasteiger partial charge in [-0.1, -0.05) is 97.1 Å². The molecule has 0 spiro atoms. The van der Waals surface area contributed by atoms with E-state index in [1.807, 2.05) is 131 Å². The van der Waals surface area contributed by atoms with E-state index in [4.69, 9.17) is 0 Å². The first-order chi connectivity index (χ1) is 30.2. The van der Waals surface area contributed by atoms with Gasteiger partial charge in [-0.3, -0.25) is 0 Å². The van der Waals surface area contributed by atoms with Crippen LogP contribution in [0.25, 0.3) is 22.3 Å². The zero-order valence-corrected chi connectivity index (χ0v) is 35.2. The number of aromatic nitrogens is 2. The summed E-state index contributed by atoms with van der Waals surface area (Å²) in [5.41, 5.74) is 14.3. The quantitative estimate of drug-likeness (QED) is 0.107. The van der Waals surface area contributed by atoms with Gasteiger partial charge < -0.3 is 27.4 Å². The summed E-state index contributed by atoms with van der Waals surface area (Å²) in [5, 5.41) is 0. The fraction of sp³-hybridized carbons (Fsp3) is 0.0727. The number of rotatable bonds is 9. The Hall–Kier alpha value is -7.51. The normalized spacial score (nSPS) is 12.8. The minimum atomic E-state index is -4.31. The molecule has 1 aliphatic rings. The third kappa shape index (κ3) is 6.31. The van der Waals surface area contributed by atoms with Gasteiger partial charge in [-0.15, -0.1) is 0 Å². The SMILES string of the molecule is Cc1c(-c2ccc(N(c3ccccc3)c3ccccc3)cc2)c(C)n2c1[C+](c1ccccc1)c1c(C)c(-c3ccc(N(c4ccccc4)c4ccccc4)cc3)c(C)n1[B-]2(F)F. The molecule has 7 heteroatoms. The summed E-state index contributed by atoms with van der Waals surface area (Å²) < 4.78 is 38.4. The van der Waals surface area contributed by atoms with Crippen LogP contribution in [-0.2, 0) is 0 Å². The highest BCUT2D eigenvalue weighted by Gasteiger charge is 2.50. The van der Waals surface area contributed by atoms with Gasteiger partial charge in [0.1, 0.15) is 5.92 Å². The highest BCUT2D eigenvalue weighted by molar-refractivity contribution is 6.64. The molecule has 1 aliphatic heterocycles. The predicted octanol–water partition coefficient (Wildman–Crippen LogP) is 14.9. The highest BCUT2D eigenvalue weighted by atomic mass is 19.2. The summed E-state index contributed by atoms with van der Waals surface area (Å²) in [6.07, 6.45) is 0. The van der Waals surface area contributed by atoms with Gasteiger partial charge in [-0.05, 0) is 141 Å². The fourth-order valence-corrected chi connectivity index (χ4v) is 9.82. The van der Waals surface area contributed by atoms with Crippen molar-refractivity contribution in [1.82, 2.24) is 8.96 Å².